The second kappa shape index (κ2) is 7.71. The third-order valence-electron chi connectivity index (χ3n) is 3.23. The molecule has 1 aromatic heterocycles. The Labute approximate surface area is 136 Å². The van der Waals surface area contributed by atoms with E-state index in [9.17, 15) is 0 Å². The van der Waals surface area contributed by atoms with Crippen molar-refractivity contribution in [2.24, 2.45) is 5.92 Å². The first-order valence-electron chi connectivity index (χ1n) is 7.34. The molecule has 21 heavy (non-hydrogen) atoms. The fourth-order valence-electron chi connectivity index (χ4n) is 2.13. The Bertz CT molecular complexity index is 554. The normalized spacial score (nSPS) is 12.4. The summed E-state index contributed by atoms with van der Waals surface area (Å²) in [6.07, 6.45) is 0.976. The second-order valence-corrected chi connectivity index (χ2v) is 6.76. The quantitative estimate of drug-likeness (QED) is 0.674. The van der Waals surface area contributed by atoms with Crippen LogP contribution < -0.4 is 10.1 Å². The van der Waals surface area contributed by atoms with Crippen molar-refractivity contribution in [2.75, 3.05) is 11.9 Å². The Morgan fingerprint density at radius 3 is 2.67 bits per heavy atom. The summed E-state index contributed by atoms with van der Waals surface area (Å²) in [5, 5.41) is 6.34. The van der Waals surface area contributed by atoms with Crippen molar-refractivity contribution < 1.29 is 4.74 Å². The molecule has 2 aromatic rings. The minimum atomic E-state index is 0.295. The molecule has 0 amide bonds. The van der Waals surface area contributed by atoms with Gasteiger partial charge in [-0.3, -0.25) is 0 Å². The first kappa shape index (κ1) is 16.2. The molecule has 114 valence electrons. The van der Waals surface area contributed by atoms with Crippen molar-refractivity contribution in [2.45, 2.75) is 33.2 Å². The summed E-state index contributed by atoms with van der Waals surface area (Å²) in [7, 11) is 0. The number of rotatable bonds is 7. The van der Waals surface area contributed by atoms with Crippen LogP contribution in [0.1, 0.15) is 38.1 Å². The summed E-state index contributed by atoms with van der Waals surface area (Å²) >= 11 is 8.07. The number of halogens is 1. The molecule has 1 unspecified atom stereocenters. The van der Waals surface area contributed by atoms with Crippen molar-refractivity contribution in [1.82, 2.24) is 0 Å². The molecular weight excluding hydrogens is 302 g/mol. The highest BCUT2D eigenvalue weighted by Gasteiger charge is 2.17. The molecule has 0 aliphatic rings. The van der Waals surface area contributed by atoms with Crippen LogP contribution in [0.3, 0.4) is 0 Å². The van der Waals surface area contributed by atoms with Crippen LogP contribution in [0, 0.1) is 5.92 Å². The lowest BCUT2D eigenvalue weighted by Crippen LogP contribution is -2.15. The highest BCUT2D eigenvalue weighted by Crippen LogP contribution is 2.33. The predicted molar refractivity (Wildman–Crippen MR) is 92.8 cm³/mol. The second-order valence-electron chi connectivity index (χ2n) is 5.38. The van der Waals surface area contributed by atoms with Gasteiger partial charge in [-0.25, -0.2) is 0 Å². The van der Waals surface area contributed by atoms with Gasteiger partial charge >= 0.3 is 0 Å². The Balaban J connectivity index is 2.12. The molecule has 0 bridgehead atoms. The molecule has 0 radical (unpaired) electrons. The van der Waals surface area contributed by atoms with Crippen LogP contribution in [0.2, 0.25) is 5.02 Å². The number of anilines is 1. The summed E-state index contributed by atoms with van der Waals surface area (Å²) < 4.78 is 5.61. The number of benzene rings is 1. The molecule has 1 atom stereocenters. The standard InChI is InChI=1S/C17H22ClNOS/c1-4-9-20-15-8-7-13(11-14(15)18)19-17(12(2)3)16-6-5-10-21-16/h5-8,10-12,17,19H,4,9H2,1-3H3. The van der Waals surface area contributed by atoms with E-state index in [1.807, 2.05) is 18.2 Å². The van der Waals surface area contributed by atoms with E-state index in [1.54, 1.807) is 11.3 Å². The summed E-state index contributed by atoms with van der Waals surface area (Å²) in [5.74, 6) is 1.25. The van der Waals surface area contributed by atoms with Crippen molar-refractivity contribution in [3.8, 4) is 5.75 Å². The molecule has 4 heteroatoms. The van der Waals surface area contributed by atoms with Gasteiger partial charge in [0.15, 0.2) is 0 Å². The van der Waals surface area contributed by atoms with Crippen LogP contribution >= 0.6 is 22.9 Å². The molecule has 0 saturated carbocycles. The summed E-state index contributed by atoms with van der Waals surface area (Å²) in [5.41, 5.74) is 1.02. The number of hydrogen-bond donors (Lipinski definition) is 1. The van der Waals surface area contributed by atoms with Crippen LogP contribution in [0.25, 0.3) is 0 Å². The van der Waals surface area contributed by atoms with Crippen molar-refractivity contribution >= 4 is 28.6 Å². The Morgan fingerprint density at radius 1 is 1.29 bits per heavy atom. The third kappa shape index (κ3) is 4.39. The zero-order valence-corrected chi connectivity index (χ0v) is 14.3. The Hall–Kier alpha value is -1.19. The van der Waals surface area contributed by atoms with Gasteiger partial charge in [0.2, 0.25) is 0 Å². The average Bonchev–Trinajstić information content (AvgIpc) is 2.97. The zero-order chi connectivity index (χ0) is 15.2. The van der Waals surface area contributed by atoms with Crippen LogP contribution in [-0.4, -0.2) is 6.61 Å². The van der Waals surface area contributed by atoms with Gasteiger partial charge in [0, 0.05) is 10.6 Å². The van der Waals surface area contributed by atoms with Crippen LogP contribution in [0.5, 0.6) is 5.75 Å². The molecular formula is C17H22ClNOS. The molecule has 2 rings (SSSR count). The molecule has 0 spiro atoms. The molecule has 1 heterocycles. The maximum Gasteiger partial charge on any atom is 0.138 e. The zero-order valence-electron chi connectivity index (χ0n) is 12.7. The van der Waals surface area contributed by atoms with Gasteiger partial charge in [0.25, 0.3) is 0 Å². The topological polar surface area (TPSA) is 21.3 Å². The fourth-order valence-corrected chi connectivity index (χ4v) is 3.32. The summed E-state index contributed by atoms with van der Waals surface area (Å²) in [4.78, 5) is 1.34. The van der Waals surface area contributed by atoms with Gasteiger partial charge in [0.05, 0.1) is 17.7 Å². The van der Waals surface area contributed by atoms with E-state index in [1.165, 1.54) is 4.88 Å². The lowest BCUT2D eigenvalue weighted by atomic mass is 10.0. The Morgan fingerprint density at radius 2 is 2.10 bits per heavy atom. The lowest BCUT2D eigenvalue weighted by molar-refractivity contribution is 0.317. The van der Waals surface area contributed by atoms with Crippen molar-refractivity contribution in [1.29, 1.82) is 0 Å². The van der Waals surface area contributed by atoms with E-state index in [0.717, 1.165) is 17.9 Å². The lowest BCUT2D eigenvalue weighted by Gasteiger charge is -2.23. The smallest absolute Gasteiger partial charge is 0.138 e. The highest BCUT2D eigenvalue weighted by molar-refractivity contribution is 7.10. The van der Waals surface area contributed by atoms with Crippen LogP contribution in [-0.2, 0) is 0 Å². The fraction of sp³-hybridized carbons (Fsp3) is 0.412. The first-order chi connectivity index (χ1) is 10.1. The molecule has 2 nitrogen and oxygen atoms in total. The van der Waals surface area contributed by atoms with E-state index >= 15 is 0 Å². The minimum Gasteiger partial charge on any atom is -0.492 e. The molecule has 0 saturated heterocycles. The largest absolute Gasteiger partial charge is 0.492 e. The van der Waals surface area contributed by atoms with Gasteiger partial charge < -0.3 is 10.1 Å². The predicted octanol–water partition coefficient (Wildman–Crippen LogP) is 6.00. The van der Waals surface area contributed by atoms with Crippen LogP contribution in [0.15, 0.2) is 35.7 Å². The summed E-state index contributed by atoms with van der Waals surface area (Å²) in [6, 6.07) is 10.5. The first-order valence-corrected chi connectivity index (χ1v) is 8.60. The van der Waals surface area contributed by atoms with Crippen molar-refractivity contribution in [3.63, 3.8) is 0 Å². The number of nitrogens with one attached hydrogen (secondary N) is 1. The van der Waals surface area contributed by atoms with E-state index in [0.29, 0.717) is 23.6 Å². The van der Waals surface area contributed by atoms with Gasteiger partial charge in [-0.1, -0.05) is 38.4 Å². The Kier molecular flexibility index (Phi) is 5.95. The molecule has 0 aliphatic heterocycles. The van der Waals surface area contributed by atoms with E-state index in [2.05, 4.69) is 43.6 Å². The molecule has 1 N–H and O–H groups in total. The van der Waals surface area contributed by atoms with Gasteiger partial charge in [0.1, 0.15) is 5.75 Å². The third-order valence-corrected chi connectivity index (χ3v) is 4.48. The van der Waals surface area contributed by atoms with Gasteiger partial charge in [-0.2, -0.15) is 0 Å². The van der Waals surface area contributed by atoms with Gasteiger partial charge in [-0.05, 0) is 42.0 Å². The number of ether oxygens (including phenoxy) is 1. The maximum absolute atomic E-state index is 6.29. The van der Waals surface area contributed by atoms with E-state index < -0.39 is 0 Å². The van der Waals surface area contributed by atoms with Crippen molar-refractivity contribution in [3.05, 3.63) is 45.6 Å². The molecule has 0 fully saturated rings. The monoisotopic (exact) mass is 323 g/mol. The van der Waals surface area contributed by atoms with Gasteiger partial charge in [-0.15, -0.1) is 11.3 Å². The van der Waals surface area contributed by atoms with E-state index in [4.69, 9.17) is 16.3 Å². The minimum absolute atomic E-state index is 0.295. The average molecular weight is 324 g/mol. The number of hydrogen-bond acceptors (Lipinski definition) is 3. The molecule has 0 aliphatic carbocycles. The van der Waals surface area contributed by atoms with Crippen LogP contribution in [0.4, 0.5) is 5.69 Å². The molecule has 1 aromatic carbocycles. The number of thiophene rings is 1. The SMILES string of the molecule is CCCOc1ccc(NC(c2cccs2)C(C)C)cc1Cl. The van der Waals surface area contributed by atoms with E-state index in [-0.39, 0.29) is 0 Å². The maximum atomic E-state index is 6.29. The highest BCUT2D eigenvalue weighted by atomic mass is 35.5. The summed E-state index contributed by atoms with van der Waals surface area (Å²) in [6.45, 7) is 7.21.